The quantitative estimate of drug-likeness (QED) is 0.463. The normalized spacial score (nSPS) is 15.7. The zero-order valence-corrected chi connectivity index (χ0v) is 21.2. The first kappa shape index (κ1) is 28.9. The van der Waals surface area contributed by atoms with Gasteiger partial charge in [-0.15, -0.1) is 0 Å². The van der Waals surface area contributed by atoms with Crippen LogP contribution in [-0.2, 0) is 22.2 Å². The van der Waals surface area contributed by atoms with Crippen LogP contribution in [0.3, 0.4) is 0 Å². The molecule has 1 heterocycles. The molecule has 1 saturated heterocycles. The Morgan fingerprint density at radius 3 is 2.30 bits per heavy atom. The molecule has 1 radical (unpaired) electrons. The lowest BCUT2D eigenvalue weighted by Crippen LogP contribution is -2.52. The summed E-state index contributed by atoms with van der Waals surface area (Å²) in [5.74, 6) is -1.65. The third-order valence-corrected chi connectivity index (χ3v) is 6.69. The van der Waals surface area contributed by atoms with E-state index in [9.17, 15) is 27.2 Å². The van der Waals surface area contributed by atoms with Crippen LogP contribution in [0.4, 0.5) is 17.6 Å². The third-order valence-electron chi connectivity index (χ3n) is 6.44. The Kier molecular flexibility index (Phi) is 9.92. The lowest BCUT2D eigenvalue weighted by Gasteiger charge is -2.41. The van der Waals surface area contributed by atoms with Crippen LogP contribution in [0, 0.1) is 12.2 Å². The molecule has 1 atom stereocenters. The summed E-state index contributed by atoms with van der Waals surface area (Å²) < 4.78 is 54.2. The van der Waals surface area contributed by atoms with Gasteiger partial charge in [-0.05, 0) is 42.8 Å². The van der Waals surface area contributed by atoms with Crippen LogP contribution >= 0.6 is 11.6 Å². The second kappa shape index (κ2) is 12.7. The Balaban J connectivity index is 1.71. The molecule has 1 aliphatic rings. The van der Waals surface area contributed by atoms with Crippen LogP contribution in [0.2, 0.25) is 5.02 Å². The van der Waals surface area contributed by atoms with Crippen LogP contribution in [0.1, 0.15) is 29.7 Å². The van der Waals surface area contributed by atoms with E-state index in [1.165, 1.54) is 0 Å². The van der Waals surface area contributed by atoms with Crippen molar-refractivity contribution < 1.29 is 27.2 Å². The molecule has 1 unspecified atom stereocenters. The summed E-state index contributed by atoms with van der Waals surface area (Å²) in [5, 5.41) is 0.614. The highest BCUT2D eigenvalue weighted by Crippen LogP contribution is 2.33. The number of likely N-dealkylation sites (N-methyl/N-ethyl adjacent to an activating group) is 1. The number of alkyl halides is 3. The Bertz CT molecular complexity index is 1070. The summed E-state index contributed by atoms with van der Waals surface area (Å²) >= 11 is 5.89. The first-order valence-electron chi connectivity index (χ1n) is 12.0. The molecule has 2 aromatic carbocycles. The van der Waals surface area contributed by atoms with Gasteiger partial charge in [-0.2, -0.15) is 13.2 Å². The van der Waals surface area contributed by atoms with Gasteiger partial charge >= 0.3 is 6.18 Å². The first-order valence-corrected chi connectivity index (χ1v) is 12.3. The fraction of sp³-hybridized carbons (Fsp3) is 0.423. The van der Waals surface area contributed by atoms with Crippen LogP contribution in [0.25, 0.3) is 0 Å². The van der Waals surface area contributed by atoms with Gasteiger partial charge in [-0.3, -0.25) is 19.4 Å². The second-order valence-corrected chi connectivity index (χ2v) is 9.38. The Hall–Kier alpha value is -2.69. The molecule has 37 heavy (non-hydrogen) atoms. The molecule has 2 aromatic rings. The van der Waals surface area contributed by atoms with Gasteiger partial charge in [0.05, 0.1) is 24.6 Å². The number of hydrogen-bond acceptors (Lipinski definition) is 4. The van der Waals surface area contributed by atoms with E-state index in [1.807, 2.05) is 24.0 Å². The third kappa shape index (κ3) is 8.15. The molecule has 11 heteroatoms. The van der Waals surface area contributed by atoms with Gasteiger partial charge in [0.15, 0.2) is 0 Å². The number of piperazine rings is 1. The van der Waals surface area contributed by atoms with Crippen LogP contribution in [-0.4, -0.2) is 72.3 Å². The summed E-state index contributed by atoms with van der Waals surface area (Å²) in [6.45, 7) is 3.91. The van der Waals surface area contributed by atoms with Gasteiger partial charge in [0.25, 0.3) is 0 Å². The molecule has 2 amide bonds. The van der Waals surface area contributed by atoms with Gasteiger partial charge in [0.2, 0.25) is 11.8 Å². The molecule has 1 aliphatic heterocycles. The van der Waals surface area contributed by atoms with E-state index in [4.69, 9.17) is 17.3 Å². The van der Waals surface area contributed by atoms with Crippen molar-refractivity contribution in [2.45, 2.75) is 25.6 Å². The van der Waals surface area contributed by atoms with Gasteiger partial charge in [-0.1, -0.05) is 36.7 Å². The number of carbonyl (C=O) groups is 2. The number of nitrogens with zero attached hydrogens (tertiary/aromatic N) is 3. The lowest BCUT2D eigenvalue weighted by atomic mass is 10.0. The highest BCUT2D eigenvalue weighted by molar-refractivity contribution is 6.30. The minimum absolute atomic E-state index is 0.0621. The van der Waals surface area contributed by atoms with E-state index in [-0.39, 0.29) is 24.6 Å². The van der Waals surface area contributed by atoms with Crippen molar-refractivity contribution in [2.75, 3.05) is 45.8 Å². The number of nitrogens with two attached hydrogens (primary N) is 1. The number of rotatable bonds is 10. The average molecular weight is 542 g/mol. The van der Waals surface area contributed by atoms with E-state index < -0.39 is 29.5 Å². The Morgan fingerprint density at radius 2 is 1.76 bits per heavy atom. The topological polar surface area (TPSA) is 69.9 Å². The van der Waals surface area contributed by atoms with Crippen molar-refractivity contribution in [3.05, 3.63) is 76.4 Å². The molecule has 1 fully saturated rings. The maximum atomic E-state index is 15.0. The van der Waals surface area contributed by atoms with Gasteiger partial charge in [0, 0.05) is 43.3 Å². The molecule has 0 aromatic heterocycles. The van der Waals surface area contributed by atoms with Crippen molar-refractivity contribution in [3.8, 4) is 0 Å². The van der Waals surface area contributed by atoms with Crippen molar-refractivity contribution in [2.24, 2.45) is 5.73 Å². The highest BCUT2D eigenvalue weighted by atomic mass is 35.5. The smallest absolute Gasteiger partial charge is 0.369 e. The molecule has 3 rings (SSSR count). The molecule has 0 spiro atoms. The number of hydrogen-bond donors (Lipinski definition) is 1. The molecule has 2 N–H and O–H groups in total. The van der Waals surface area contributed by atoms with Crippen LogP contribution in [0.5, 0.6) is 0 Å². The van der Waals surface area contributed by atoms with Crippen molar-refractivity contribution >= 4 is 23.4 Å². The predicted molar refractivity (Wildman–Crippen MR) is 133 cm³/mol. The molecule has 0 saturated carbocycles. The van der Waals surface area contributed by atoms with E-state index in [1.54, 1.807) is 28.4 Å². The number of benzene rings is 2. The molecular formula is C26H30ClF4N4O2. The number of halogens is 5. The van der Waals surface area contributed by atoms with Crippen LogP contribution < -0.4 is 5.73 Å². The molecule has 0 aliphatic carbocycles. The zero-order chi connectivity index (χ0) is 27.2. The average Bonchev–Trinajstić information content (AvgIpc) is 2.85. The van der Waals surface area contributed by atoms with E-state index in [0.717, 1.165) is 17.7 Å². The SMILES string of the molecule is CCN(CC(N)=O)CC(c1ccc(C(F)(F)F)cc1F)N1CCN(C(=O)[CH]Cc2ccc(Cl)cc2)CC1. The number of amides is 2. The van der Waals surface area contributed by atoms with E-state index >= 15 is 0 Å². The first-order chi connectivity index (χ1) is 17.5. The van der Waals surface area contributed by atoms with Crippen molar-refractivity contribution in [1.82, 2.24) is 14.7 Å². The molecule has 0 bridgehead atoms. The van der Waals surface area contributed by atoms with E-state index in [0.29, 0.717) is 50.2 Å². The predicted octanol–water partition coefficient (Wildman–Crippen LogP) is 3.94. The monoisotopic (exact) mass is 541 g/mol. The van der Waals surface area contributed by atoms with Gasteiger partial charge < -0.3 is 10.6 Å². The number of carbonyl (C=O) groups excluding carboxylic acids is 2. The van der Waals surface area contributed by atoms with Crippen molar-refractivity contribution in [3.63, 3.8) is 0 Å². The summed E-state index contributed by atoms with van der Waals surface area (Å²) in [4.78, 5) is 29.6. The lowest BCUT2D eigenvalue weighted by molar-refractivity contribution is -0.137. The maximum absolute atomic E-state index is 15.0. The molecule has 6 nitrogen and oxygen atoms in total. The minimum atomic E-state index is -4.66. The zero-order valence-electron chi connectivity index (χ0n) is 20.5. The Labute approximate surface area is 218 Å². The standard InChI is InChI=1S/C26H30ClF4N4O2/c1-2-33(17-24(32)36)16-23(21-9-6-19(15-22(21)28)26(29,30)31)34-11-13-35(14-12-34)25(37)10-5-18-3-7-20(27)8-4-18/h3-4,6-10,15,23H,2,5,11-14,16-17H2,1H3,(H2,32,36). The second-order valence-electron chi connectivity index (χ2n) is 8.94. The highest BCUT2D eigenvalue weighted by Gasteiger charge is 2.34. The largest absolute Gasteiger partial charge is 0.416 e. The summed E-state index contributed by atoms with van der Waals surface area (Å²) in [6, 6.07) is 9.09. The van der Waals surface area contributed by atoms with E-state index in [2.05, 4.69) is 0 Å². The molecule has 201 valence electrons. The fourth-order valence-electron chi connectivity index (χ4n) is 4.36. The summed E-state index contributed by atoms with van der Waals surface area (Å²) in [6.07, 6.45) is -2.61. The molecular weight excluding hydrogens is 512 g/mol. The summed E-state index contributed by atoms with van der Waals surface area (Å²) in [5.41, 5.74) is 5.32. The number of primary amides is 1. The Morgan fingerprint density at radius 1 is 1.11 bits per heavy atom. The van der Waals surface area contributed by atoms with Gasteiger partial charge in [0.1, 0.15) is 5.82 Å². The van der Waals surface area contributed by atoms with Crippen molar-refractivity contribution in [1.29, 1.82) is 0 Å². The van der Waals surface area contributed by atoms with Crippen LogP contribution in [0.15, 0.2) is 42.5 Å². The minimum Gasteiger partial charge on any atom is -0.369 e. The fourth-order valence-corrected chi connectivity index (χ4v) is 4.49. The maximum Gasteiger partial charge on any atom is 0.416 e. The summed E-state index contributed by atoms with van der Waals surface area (Å²) in [7, 11) is 0. The van der Waals surface area contributed by atoms with Gasteiger partial charge in [-0.25, -0.2) is 4.39 Å².